The van der Waals surface area contributed by atoms with E-state index in [9.17, 15) is 0 Å². The van der Waals surface area contributed by atoms with Gasteiger partial charge in [-0.05, 0) is 96.0 Å². The Morgan fingerprint density at radius 3 is 1.54 bits per heavy atom. The van der Waals surface area contributed by atoms with Crippen molar-refractivity contribution in [2.45, 2.75) is 43.9 Å². The topological polar surface area (TPSA) is 61.9 Å². The molecule has 1 fully saturated rings. The Hall–Kier alpha value is -3.62. The maximum atomic E-state index is 5.78. The highest BCUT2D eigenvalue weighted by atomic mass is 16.5. The molecule has 0 unspecified atom stereocenters. The van der Waals surface area contributed by atoms with Crippen molar-refractivity contribution in [2.75, 3.05) is 55.7 Å². The van der Waals surface area contributed by atoms with Crippen LogP contribution in [0.2, 0.25) is 0 Å². The molecule has 3 aromatic carbocycles. The van der Waals surface area contributed by atoms with Gasteiger partial charge in [-0.15, -0.1) is 0 Å². The van der Waals surface area contributed by atoms with E-state index in [2.05, 4.69) is 40.1 Å². The second-order valence-electron chi connectivity index (χ2n) is 10.9. The molecule has 8 heteroatoms. The fraction of sp³-hybridized carbons (Fsp3) is 0.455. The lowest BCUT2D eigenvalue weighted by Crippen LogP contribution is -2.43. The Kier molecular flexibility index (Phi) is 7.62. The first-order chi connectivity index (χ1) is 20.0. The number of ether oxygens (including phenoxy) is 6. The van der Waals surface area contributed by atoms with E-state index in [1.165, 1.54) is 27.8 Å². The van der Waals surface area contributed by atoms with E-state index < -0.39 is 0 Å². The second-order valence-corrected chi connectivity index (χ2v) is 10.9. The molecule has 2 atom stereocenters. The van der Waals surface area contributed by atoms with Crippen molar-refractivity contribution in [3.8, 4) is 34.5 Å². The minimum Gasteiger partial charge on any atom is -0.497 e. The summed E-state index contributed by atoms with van der Waals surface area (Å²) in [6.07, 6.45) is 4.05. The predicted octanol–water partition coefficient (Wildman–Crippen LogP) is 5.21. The van der Waals surface area contributed by atoms with Gasteiger partial charge in [-0.2, -0.15) is 0 Å². The van der Waals surface area contributed by atoms with Crippen LogP contribution in [0, 0.1) is 0 Å². The maximum Gasteiger partial charge on any atom is 0.161 e. The maximum absolute atomic E-state index is 5.78. The van der Waals surface area contributed by atoms with Crippen LogP contribution in [0.5, 0.6) is 34.5 Å². The molecule has 41 heavy (non-hydrogen) atoms. The van der Waals surface area contributed by atoms with Gasteiger partial charge in [-0.3, -0.25) is 9.80 Å². The number of rotatable bonds is 9. The van der Waals surface area contributed by atoms with Gasteiger partial charge in [-0.25, -0.2) is 0 Å². The molecule has 0 aliphatic carbocycles. The highest BCUT2D eigenvalue weighted by molar-refractivity contribution is 5.54. The van der Waals surface area contributed by atoms with Crippen molar-refractivity contribution in [3.05, 3.63) is 70.3 Å². The molecule has 0 N–H and O–H groups in total. The predicted molar refractivity (Wildman–Crippen MR) is 157 cm³/mol. The van der Waals surface area contributed by atoms with Crippen molar-refractivity contribution in [1.82, 2.24) is 9.80 Å². The molecule has 1 saturated heterocycles. The van der Waals surface area contributed by atoms with E-state index in [1.54, 1.807) is 42.7 Å². The third-order valence-electron chi connectivity index (χ3n) is 9.15. The molecule has 218 valence electrons. The molecule has 0 spiro atoms. The Morgan fingerprint density at radius 1 is 0.585 bits per heavy atom. The van der Waals surface area contributed by atoms with Gasteiger partial charge in [0.05, 0.1) is 60.9 Å². The molecule has 0 aromatic heterocycles. The van der Waals surface area contributed by atoms with E-state index in [0.29, 0.717) is 0 Å². The van der Waals surface area contributed by atoms with E-state index in [-0.39, 0.29) is 18.2 Å². The summed E-state index contributed by atoms with van der Waals surface area (Å²) < 4.78 is 34.2. The summed E-state index contributed by atoms with van der Waals surface area (Å²) >= 11 is 0. The van der Waals surface area contributed by atoms with Crippen molar-refractivity contribution < 1.29 is 28.4 Å². The molecule has 3 aliphatic rings. The molecule has 0 radical (unpaired) electrons. The Morgan fingerprint density at radius 2 is 1.07 bits per heavy atom. The minimum absolute atomic E-state index is 0.174. The number of nitrogens with zero attached hydrogens (tertiary/aromatic N) is 2. The lowest BCUT2D eigenvalue weighted by atomic mass is 9.82. The van der Waals surface area contributed by atoms with Gasteiger partial charge in [0.15, 0.2) is 23.0 Å². The lowest BCUT2D eigenvalue weighted by Gasteiger charge is -2.37. The molecular formula is C33H40N2O6. The van der Waals surface area contributed by atoms with Crippen molar-refractivity contribution >= 4 is 0 Å². The average molecular weight is 561 g/mol. The van der Waals surface area contributed by atoms with Crippen LogP contribution in [-0.2, 0) is 19.3 Å². The van der Waals surface area contributed by atoms with Crippen LogP contribution >= 0.6 is 0 Å². The fourth-order valence-corrected chi connectivity index (χ4v) is 7.25. The van der Waals surface area contributed by atoms with Crippen LogP contribution in [0.25, 0.3) is 0 Å². The van der Waals surface area contributed by atoms with E-state index in [1.807, 2.05) is 12.1 Å². The largest absolute Gasteiger partial charge is 0.497 e. The number of methoxy groups -OCH3 is 6. The molecule has 8 nitrogen and oxygen atoms in total. The molecule has 3 aliphatic heterocycles. The van der Waals surface area contributed by atoms with Crippen LogP contribution in [0.15, 0.2) is 42.5 Å². The lowest BCUT2D eigenvalue weighted by molar-refractivity contribution is 0.0999. The zero-order valence-electron chi connectivity index (χ0n) is 24.9. The summed E-state index contributed by atoms with van der Waals surface area (Å²) in [6.45, 7) is 1.95. The van der Waals surface area contributed by atoms with Crippen LogP contribution in [0.3, 0.4) is 0 Å². The third kappa shape index (κ3) is 4.63. The normalized spacial score (nSPS) is 20.0. The van der Waals surface area contributed by atoms with Crippen molar-refractivity contribution in [1.29, 1.82) is 0 Å². The Bertz CT molecular complexity index is 1350. The van der Waals surface area contributed by atoms with Gasteiger partial charge in [0, 0.05) is 13.1 Å². The van der Waals surface area contributed by atoms with Gasteiger partial charge < -0.3 is 28.4 Å². The number of benzene rings is 3. The number of hydrogen-bond acceptors (Lipinski definition) is 8. The zero-order valence-corrected chi connectivity index (χ0v) is 24.9. The molecular weight excluding hydrogens is 520 g/mol. The number of hydrogen-bond donors (Lipinski definition) is 0. The average Bonchev–Trinajstić information content (AvgIpc) is 3.35. The standard InChI is InChI=1S/C33H40N2O6/c1-36-23-8-9-26(37-2)22(15-23)7-10-31-34-13-11-20-16-27(38-3)29(40-5)18-24(20)32(34)33-25-19-30(41-6)28(39-4)17-21(25)12-14-35(31)33/h8-9,15-19,31-33H,7,10-14H2,1-6H3/t32-,33-/m0/s1. The number of fused-ring (bicyclic) bond motifs is 7. The van der Waals surface area contributed by atoms with Crippen LogP contribution in [0.4, 0.5) is 0 Å². The summed E-state index contributed by atoms with van der Waals surface area (Å²) in [5.74, 6) is 4.86. The Labute approximate surface area is 242 Å². The van der Waals surface area contributed by atoms with Gasteiger partial charge in [-0.1, -0.05) is 0 Å². The minimum atomic E-state index is 0.174. The highest BCUT2D eigenvalue weighted by Crippen LogP contribution is 2.55. The SMILES string of the molecule is COc1ccc(OC)c(CCC2N3CCc4cc(OC)c(OC)cc4[C@H]3[C@@H]3c4cc(OC)c(OC)cc4CCN23)c1. The van der Waals surface area contributed by atoms with E-state index >= 15 is 0 Å². The van der Waals surface area contributed by atoms with Crippen LogP contribution in [-0.4, -0.2) is 71.7 Å². The second kappa shape index (κ2) is 11.3. The quantitative estimate of drug-likeness (QED) is 0.354. The molecule has 6 rings (SSSR count). The van der Waals surface area contributed by atoms with Gasteiger partial charge in [0.1, 0.15) is 11.5 Å². The molecule has 3 aromatic rings. The summed E-state index contributed by atoms with van der Waals surface area (Å²) in [5.41, 5.74) is 6.44. The molecule has 0 amide bonds. The Balaban J connectivity index is 1.44. The van der Waals surface area contributed by atoms with Crippen molar-refractivity contribution in [2.24, 2.45) is 0 Å². The molecule has 0 saturated carbocycles. The summed E-state index contributed by atoms with van der Waals surface area (Å²) in [5, 5.41) is 0. The smallest absolute Gasteiger partial charge is 0.161 e. The van der Waals surface area contributed by atoms with Crippen LogP contribution in [0.1, 0.15) is 46.3 Å². The first-order valence-electron chi connectivity index (χ1n) is 14.3. The summed E-state index contributed by atoms with van der Waals surface area (Å²) in [6, 6.07) is 15.1. The first kappa shape index (κ1) is 27.5. The fourth-order valence-electron chi connectivity index (χ4n) is 7.25. The molecule has 3 heterocycles. The van der Waals surface area contributed by atoms with E-state index in [4.69, 9.17) is 28.4 Å². The van der Waals surface area contributed by atoms with Crippen LogP contribution < -0.4 is 28.4 Å². The number of aryl methyl sites for hydroxylation is 1. The van der Waals surface area contributed by atoms with Gasteiger partial charge in [0.25, 0.3) is 0 Å². The molecule has 0 bridgehead atoms. The van der Waals surface area contributed by atoms with Gasteiger partial charge in [0.2, 0.25) is 0 Å². The van der Waals surface area contributed by atoms with Crippen molar-refractivity contribution in [3.63, 3.8) is 0 Å². The van der Waals surface area contributed by atoms with E-state index in [0.717, 1.165) is 73.3 Å². The van der Waals surface area contributed by atoms with Gasteiger partial charge >= 0.3 is 0 Å². The first-order valence-corrected chi connectivity index (χ1v) is 14.3. The summed E-state index contributed by atoms with van der Waals surface area (Å²) in [4.78, 5) is 5.41. The highest BCUT2D eigenvalue weighted by Gasteiger charge is 2.52. The summed E-state index contributed by atoms with van der Waals surface area (Å²) in [7, 11) is 10.3. The monoisotopic (exact) mass is 560 g/mol. The zero-order chi connectivity index (χ0) is 28.7. The third-order valence-corrected chi connectivity index (χ3v) is 9.15.